The third kappa shape index (κ3) is 4.29. The van der Waals surface area contributed by atoms with E-state index in [1.807, 2.05) is 62.4 Å². The molecule has 0 spiro atoms. The average Bonchev–Trinajstić information content (AvgIpc) is 2.66. The van der Waals surface area contributed by atoms with Gasteiger partial charge in [-0.3, -0.25) is 4.79 Å². The van der Waals surface area contributed by atoms with Gasteiger partial charge in [0, 0.05) is 5.56 Å². The van der Waals surface area contributed by atoms with E-state index in [-0.39, 0.29) is 12.3 Å². The van der Waals surface area contributed by atoms with E-state index < -0.39 is 0 Å². The Labute approximate surface area is 153 Å². The Balaban J connectivity index is 1.94. The maximum atomic E-state index is 11.9. The van der Waals surface area contributed by atoms with Crippen LogP contribution in [0.15, 0.2) is 66.7 Å². The molecule has 26 heavy (non-hydrogen) atoms. The van der Waals surface area contributed by atoms with Crippen molar-refractivity contribution in [2.24, 2.45) is 5.73 Å². The van der Waals surface area contributed by atoms with Crippen LogP contribution in [0.5, 0.6) is 23.0 Å². The van der Waals surface area contributed by atoms with Crippen LogP contribution in [0.2, 0.25) is 0 Å². The van der Waals surface area contributed by atoms with Gasteiger partial charge in [0.25, 0.3) is 0 Å². The fraction of sp³-hybridized carbons (Fsp3) is 0.136. The largest absolute Gasteiger partial charge is 0.453 e. The Morgan fingerprint density at radius 1 is 0.769 bits per heavy atom. The molecule has 0 heterocycles. The third-order valence-electron chi connectivity index (χ3n) is 3.95. The molecule has 0 aliphatic rings. The fourth-order valence-corrected chi connectivity index (χ4v) is 2.43. The molecule has 3 aromatic rings. The molecule has 0 unspecified atom stereocenters. The average molecular weight is 347 g/mol. The van der Waals surface area contributed by atoms with Crippen molar-refractivity contribution in [3.8, 4) is 23.0 Å². The van der Waals surface area contributed by atoms with Crippen LogP contribution in [0.3, 0.4) is 0 Å². The highest BCUT2D eigenvalue weighted by Crippen LogP contribution is 2.36. The van der Waals surface area contributed by atoms with Crippen molar-refractivity contribution in [3.63, 3.8) is 0 Å². The van der Waals surface area contributed by atoms with Gasteiger partial charge in [0.05, 0.1) is 6.54 Å². The molecule has 0 saturated carbocycles. The predicted molar refractivity (Wildman–Crippen MR) is 102 cm³/mol. The lowest BCUT2D eigenvalue weighted by Gasteiger charge is -2.14. The van der Waals surface area contributed by atoms with Crippen LogP contribution >= 0.6 is 0 Å². The van der Waals surface area contributed by atoms with Gasteiger partial charge in [-0.25, -0.2) is 0 Å². The molecule has 0 aliphatic heterocycles. The molecule has 0 fully saturated rings. The summed E-state index contributed by atoms with van der Waals surface area (Å²) >= 11 is 0. The summed E-state index contributed by atoms with van der Waals surface area (Å²) in [6.07, 6.45) is 0. The Kier molecular flexibility index (Phi) is 5.34. The van der Waals surface area contributed by atoms with Crippen LogP contribution in [-0.4, -0.2) is 12.3 Å². The number of benzene rings is 3. The number of carbonyl (C=O) groups is 1. The maximum absolute atomic E-state index is 11.9. The molecule has 0 saturated heterocycles. The maximum Gasteiger partial charge on any atom is 0.176 e. The molecule has 2 N–H and O–H groups in total. The van der Waals surface area contributed by atoms with Crippen molar-refractivity contribution in [2.45, 2.75) is 13.8 Å². The van der Waals surface area contributed by atoms with Crippen LogP contribution in [0.1, 0.15) is 21.5 Å². The van der Waals surface area contributed by atoms with Crippen molar-refractivity contribution in [1.82, 2.24) is 0 Å². The number of carbonyl (C=O) groups excluding carboxylic acids is 1. The van der Waals surface area contributed by atoms with Gasteiger partial charge in [-0.1, -0.05) is 35.4 Å². The van der Waals surface area contributed by atoms with E-state index in [0.29, 0.717) is 28.6 Å². The zero-order chi connectivity index (χ0) is 18.5. The van der Waals surface area contributed by atoms with Gasteiger partial charge < -0.3 is 15.2 Å². The van der Waals surface area contributed by atoms with Crippen LogP contribution < -0.4 is 15.2 Å². The molecule has 0 aliphatic carbocycles. The number of ketones is 1. The molecule has 0 aromatic heterocycles. The molecular weight excluding hydrogens is 326 g/mol. The van der Waals surface area contributed by atoms with Crippen molar-refractivity contribution in [1.29, 1.82) is 0 Å². The van der Waals surface area contributed by atoms with Crippen LogP contribution in [0, 0.1) is 13.8 Å². The van der Waals surface area contributed by atoms with E-state index in [1.165, 1.54) is 0 Å². The predicted octanol–water partition coefficient (Wildman–Crippen LogP) is 5.03. The Morgan fingerprint density at radius 2 is 1.27 bits per heavy atom. The van der Waals surface area contributed by atoms with Crippen molar-refractivity contribution >= 4 is 5.78 Å². The lowest BCUT2D eigenvalue weighted by molar-refractivity contribution is 0.100. The van der Waals surface area contributed by atoms with Gasteiger partial charge in [-0.2, -0.15) is 0 Å². The summed E-state index contributed by atoms with van der Waals surface area (Å²) in [4.78, 5) is 11.9. The Morgan fingerprint density at radius 3 is 1.77 bits per heavy atom. The first-order valence-corrected chi connectivity index (χ1v) is 8.41. The highest BCUT2D eigenvalue weighted by Gasteiger charge is 2.13. The third-order valence-corrected chi connectivity index (χ3v) is 3.95. The second-order valence-electron chi connectivity index (χ2n) is 6.12. The lowest BCUT2D eigenvalue weighted by Crippen LogP contribution is -2.13. The van der Waals surface area contributed by atoms with Gasteiger partial charge in [-0.05, 0) is 56.3 Å². The fourth-order valence-electron chi connectivity index (χ4n) is 2.43. The SMILES string of the molecule is Cc1ccc(Oc2ccc(C(=O)CN)cc2Oc2ccc(C)cc2)cc1. The van der Waals surface area contributed by atoms with Crippen molar-refractivity contribution < 1.29 is 14.3 Å². The number of ether oxygens (including phenoxy) is 2. The Bertz CT molecular complexity index is 900. The highest BCUT2D eigenvalue weighted by atomic mass is 16.5. The minimum absolute atomic E-state index is 0.0534. The topological polar surface area (TPSA) is 61.5 Å². The zero-order valence-electron chi connectivity index (χ0n) is 14.9. The quantitative estimate of drug-likeness (QED) is 0.635. The van der Waals surface area contributed by atoms with Crippen LogP contribution in [0.4, 0.5) is 0 Å². The second-order valence-corrected chi connectivity index (χ2v) is 6.12. The van der Waals surface area contributed by atoms with Gasteiger partial charge in [0.15, 0.2) is 17.3 Å². The van der Waals surface area contributed by atoms with Gasteiger partial charge in [-0.15, -0.1) is 0 Å². The number of rotatable bonds is 6. The van der Waals surface area contributed by atoms with Gasteiger partial charge >= 0.3 is 0 Å². The highest BCUT2D eigenvalue weighted by molar-refractivity contribution is 5.98. The molecule has 4 heteroatoms. The van der Waals surface area contributed by atoms with E-state index in [2.05, 4.69) is 0 Å². The second kappa shape index (κ2) is 7.85. The van der Waals surface area contributed by atoms with Crippen LogP contribution in [-0.2, 0) is 0 Å². The standard InChI is InChI=1S/C22H21NO3/c1-15-3-8-18(9-4-15)25-21-12-7-17(20(24)14-23)13-22(21)26-19-10-5-16(2)6-11-19/h3-13H,14,23H2,1-2H3. The smallest absolute Gasteiger partial charge is 0.176 e. The summed E-state index contributed by atoms with van der Waals surface area (Å²) in [5, 5.41) is 0. The first-order chi connectivity index (χ1) is 12.5. The summed E-state index contributed by atoms with van der Waals surface area (Å²) in [5.41, 5.74) is 8.26. The minimum atomic E-state index is -0.152. The minimum Gasteiger partial charge on any atom is -0.453 e. The summed E-state index contributed by atoms with van der Waals surface area (Å²) in [6.45, 7) is 3.97. The molecular formula is C22H21NO3. The van der Waals surface area contributed by atoms with Crippen LogP contribution in [0.25, 0.3) is 0 Å². The van der Waals surface area contributed by atoms with E-state index in [4.69, 9.17) is 15.2 Å². The molecule has 3 rings (SSSR count). The monoisotopic (exact) mass is 347 g/mol. The number of hydrogen-bond acceptors (Lipinski definition) is 4. The summed E-state index contributed by atoms with van der Waals surface area (Å²) < 4.78 is 11.9. The number of nitrogens with two attached hydrogens (primary N) is 1. The summed E-state index contributed by atoms with van der Waals surface area (Å²) in [6, 6.07) is 20.5. The van der Waals surface area contributed by atoms with Crippen molar-refractivity contribution in [2.75, 3.05) is 6.54 Å². The van der Waals surface area contributed by atoms with E-state index in [0.717, 1.165) is 11.1 Å². The van der Waals surface area contributed by atoms with Gasteiger partial charge in [0.2, 0.25) is 0 Å². The van der Waals surface area contributed by atoms with E-state index >= 15 is 0 Å². The first-order valence-electron chi connectivity index (χ1n) is 8.41. The molecule has 0 bridgehead atoms. The molecule has 4 nitrogen and oxygen atoms in total. The molecule has 0 atom stereocenters. The number of aryl methyl sites for hydroxylation is 2. The molecule has 3 aromatic carbocycles. The van der Waals surface area contributed by atoms with E-state index in [9.17, 15) is 4.79 Å². The van der Waals surface area contributed by atoms with Crippen molar-refractivity contribution in [3.05, 3.63) is 83.4 Å². The summed E-state index contributed by atoms with van der Waals surface area (Å²) in [5.74, 6) is 2.21. The molecule has 132 valence electrons. The zero-order valence-corrected chi connectivity index (χ0v) is 14.9. The number of Topliss-reactive ketones (excluding diaryl/α,β-unsaturated/α-hetero) is 1. The lowest BCUT2D eigenvalue weighted by atomic mass is 10.1. The Hall–Kier alpha value is -3.11. The normalized spacial score (nSPS) is 10.4. The first kappa shape index (κ1) is 17.7. The van der Waals surface area contributed by atoms with Gasteiger partial charge in [0.1, 0.15) is 11.5 Å². The van der Waals surface area contributed by atoms with E-state index in [1.54, 1.807) is 18.2 Å². The molecule has 0 radical (unpaired) electrons. The molecule has 0 amide bonds. The summed E-state index contributed by atoms with van der Waals surface area (Å²) in [7, 11) is 0. The number of hydrogen-bond donors (Lipinski definition) is 1.